The first-order chi connectivity index (χ1) is 12.8. The number of aromatic amines is 1. The van der Waals surface area contributed by atoms with Gasteiger partial charge < -0.3 is 9.55 Å². The molecule has 6 nitrogen and oxygen atoms in total. The fourth-order valence-electron chi connectivity index (χ4n) is 4.33. The fraction of sp³-hybridized carbons (Fsp3) is 0.381. The van der Waals surface area contributed by atoms with Crippen LogP contribution in [0.2, 0.25) is 0 Å². The van der Waals surface area contributed by atoms with E-state index in [0.29, 0.717) is 6.42 Å². The number of aryl methyl sites for hydroxylation is 3. The van der Waals surface area contributed by atoms with Crippen LogP contribution in [0.15, 0.2) is 29.1 Å². The number of carbonyl (C=O) groups excluding carboxylic acids is 1. The maximum absolute atomic E-state index is 12.6. The van der Waals surface area contributed by atoms with Gasteiger partial charge in [-0.1, -0.05) is 26.0 Å². The molecule has 1 aliphatic rings. The van der Waals surface area contributed by atoms with Crippen molar-refractivity contribution in [3.8, 4) is 5.69 Å². The van der Waals surface area contributed by atoms with Gasteiger partial charge >= 0.3 is 5.69 Å². The van der Waals surface area contributed by atoms with E-state index >= 15 is 0 Å². The Morgan fingerprint density at radius 1 is 1.07 bits per heavy atom. The van der Waals surface area contributed by atoms with Crippen molar-refractivity contribution < 1.29 is 4.79 Å². The molecule has 0 spiro atoms. The van der Waals surface area contributed by atoms with E-state index < -0.39 is 0 Å². The Morgan fingerprint density at radius 2 is 1.74 bits per heavy atom. The maximum atomic E-state index is 12.6. The first-order valence-electron chi connectivity index (χ1n) is 9.36. The third-order valence-corrected chi connectivity index (χ3v) is 5.79. The predicted molar refractivity (Wildman–Crippen MR) is 104 cm³/mol. The summed E-state index contributed by atoms with van der Waals surface area (Å²) in [5, 5.41) is 0. The lowest BCUT2D eigenvalue weighted by Gasteiger charge is -2.17. The highest BCUT2D eigenvalue weighted by Gasteiger charge is 2.41. The van der Waals surface area contributed by atoms with Crippen LogP contribution in [0, 0.1) is 26.7 Å². The molecule has 1 N–H and O–H groups in total. The lowest BCUT2D eigenvalue weighted by Crippen LogP contribution is -2.24. The van der Waals surface area contributed by atoms with E-state index in [9.17, 15) is 9.59 Å². The number of nitrogens with one attached hydrogen (secondary N) is 1. The highest BCUT2D eigenvalue weighted by Crippen LogP contribution is 2.39. The molecule has 0 saturated heterocycles. The highest BCUT2D eigenvalue weighted by molar-refractivity contribution is 5.87. The molecule has 2 atom stereocenters. The van der Waals surface area contributed by atoms with Crippen LogP contribution >= 0.6 is 0 Å². The Labute approximate surface area is 157 Å². The van der Waals surface area contributed by atoms with Crippen LogP contribution in [0.25, 0.3) is 5.69 Å². The van der Waals surface area contributed by atoms with E-state index in [0.717, 1.165) is 39.9 Å². The van der Waals surface area contributed by atoms with Gasteiger partial charge in [-0.25, -0.2) is 14.3 Å². The molecule has 0 fully saturated rings. The quantitative estimate of drug-likeness (QED) is 0.775. The summed E-state index contributed by atoms with van der Waals surface area (Å²) < 4.78 is 3.46. The largest absolute Gasteiger partial charge is 0.332 e. The summed E-state index contributed by atoms with van der Waals surface area (Å²) in [6, 6.07) is 8.24. The molecule has 0 aliphatic carbocycles. The summed E-state index contributed by atoms with van der Waals surface area (Å²) >= 11 is 0. The molecule has 0 saturated carbocycles. The molecule has 0 radical (unpaired) electrons. The van der Waals surface area contributed by atoms with Gasteiger partial charge in [0.25, 0.3) is 0 Å². The number of carbonyl (C=O) groups is 1. The second-order valence-electron chi connectivity index (χ2n) is 7.34. The number of rotatable bonds is 3. The molecule has 3 aromatic rings. The van der Waals surface area contributed by atoms with Crippen LogP contribution in [-0.2, 0) is 6.42 Å². The number of nitrogens with zero attached hydrogens (tertiary/aromatic N) is 3. The molecule has 140 valence electrons. The van der Waals surface area contributed by atoms with Crippen LogP contribution in [-0.4, -0.2) is 25.0 Å². The molecule has 6 heteroatoms. The summed E-state index contributed by atoms with van der Waals surface area (Å²) in [6.07, 6.45) is 0.693. The average Bonchev–Trinajstić information content (AvgIpc) is 3.20. The number of fused-ring (bicyclic) bond motifs is 1. The molecule has 2 unspecified atom stereocenters. The number of H-pyrrole nitrogens is 1. The first kappa shape index (κ1) is 17.5. The Kier molecular flexibility index (Phi) is 3.94. The minimum Gasteiger partial charge on any atom is -0.309 e. The van der Waals surface area contributed by atoms with Crippen LogP contribution in [0.3, 0.4) is 0 Å². The SMILES string of the molecule is CCc1[nH]c(=O)n2c1C(c1ccc(-n3c(C)nc(C)c3C)cc1)C(C)C2=O. The second kappa shape index (κ2) is 6.08. The summed E-state index contributed by atoms with van der Waals surface area (Å²) in [6.45, 7) is 9.97. The van der Waals surface area contributed by atoms with Crippen LogP contribution < -0.4 is 5.69 Å². The monoisotopic (exact) mass is 364 g/mol. The molecule has 27 heavy (non-hydrogen) atoms. The highest BCUT2D eigenvalue weighted by atomic mass is 16.2. The van der Waals surface area contributed by atoms with Gasteiger partial charge in [-0.05, 0) is 44.9 Å². The van der Waals surface area contributed by atoms with Gasteiger partial charge in [0.2, 0.25) is 5.91 Å². The number of benzene rings is 1. The third-order valence-electron chi connectivity index (χ3n) is 5.79. The van der Waals surface area contributed by atoms with Gasteiger partial charge in [0.15, 0.2) is 0 Å². The number of imidazole rings is 2. The molecule has 2 aromatic heterocycles. The van der Waals surface area contributed by atoms with Crippen molar-refractivity contribution in [1.82, 2.24) is 19.1 Å². The number of aromatic nitrogens is 4. The molecule has 0 amide bonds. The van der Waals surface area contributed by atoms with Crippen molar-refractivity contribution in [3.05, 3.63) is 68.9 Å². The Bertz CT molecular complexity index is 1100. The Balaban J connectivity index is 1.80. The van der Waals surface area contributed by atoms with E-state index in [1.807, 2.05) is 27.7 Å². The normalized spacial score (nSPS) is 18.9. The Hall–Kier alpha value is -2.89. The Morgan fingerprint density at radius 3 is 2.30 bits per heavy atom. The van der Waals surface area contributed by atoms with Crippen molar-refractivity contribution in [1.29, 1.82) is 0 Å². The summed E-state index contributed by atoms with van der Waals surface area (Å²) in [4.78, 5) is 32.2. The smallest absolute Gasteiger partial charge is 0.309 e. The fourth-order valence-corrected chi connectivity index (χ4v) is 4.33. The zero-order chi connectivity index (χ0) is 19.5. The van der Waals surface area contributed by atoms with Gasteiger partial charge in [-0.2, -0.15) is 0 Å². The van der Waals surface area contributed by atoms with Crippen LogP contribution in [0.1, 0.15) is 58.7 Å². The predicted octanol–water partition coefficient (Wildman–Crippen LogP) is 3.27. The van der Waals surface area contributed by atoms with Gasteiger partial charge in [0.05, 0.1) is 11.4 Å². The molecule has 0 bridgehead atoms. The third kappa shape index (κ3) is 2.43. The van der Waals surface area contributed by atoms with E-state index in [4.69, 9.17) is 0 Å². The van der Waals surface area contributed by atoms with Gasteiger partial charge in [-0.3, -0.25) is 4.79 Å². The molecule has 1 aliphatic heterocycles. The zero-order valence-electron chi connectivity index (χ0n) is 16.3. The maximum Gasteiger partial charge on any atom is 0.332 e. The van der Waals surface area contributed by atoms with Gasteiger partial charge in [-0.15, -0.1) is 0 Å². The van der Waals surface area contributed by atoms with Gasteiger partial charge in [0, 0.05) is 28.9 Å². The van der Waals surface area contributed by atoms with E-state index in [1.54, 1.807) is 0 Å². The molecule has 3 heterocycles. The van der Waals surface area contributed by atoms with Crippen molar-refractivity contribution in [2.45, 2.75) is 47.0 Å². The van der Waals surface area contributed by atoms with E-state index in [1.165, 1.54) is 4.57 Å². The van der Waals surface area contributed by atoms with Gasteiger partial charge in [0.1, 0.15) is 5.82 Å². The lowest BCUT2D eigenvalue weighted by molar-refractivity contribution is 0.0865. The summed E-state index contributed by atoms with van der Waals surface area (Å²) in [7, 11) is 0. The van der Waals surface area contributed by atoms with E-state index in [2.05, 4.69) is 45.7 Å². The summed E-state index contributed by atoms with van der Waals surface area (Å²) in [5.41, 5.74) is 5.59. The van der Waals surface area contributed by atoms with Crippen molar-refractivity contribution in [2.75, 3.05) is 0 Å². The molecular formula is C21H24N4O2. The van der Waals surface area contributed by atoms with Crippen molar-refractivity contribution >= 4 is 5.91 Å². The minimum absolute atomic E-state index is 0.104. The second-order valence-corrected chi connectivity index (χ2v) is 7.34. The van der Waals surface area contributed by atoms with Crippen molar-refractivity contribution in [3.63, 3.8) is 0 Å². The molecule has 1 aromatic carbocycles. The lowest BCUT2D eigenvalue weighted by atomic mass is 9.86. The van der Waals surface area contributed by atoms with Crippen molar-refractivity contribution in [2.24, 2.45) is 5.92 Å². The van der Waals surface area contributed by atoms with E-state index in [-0.39, 0.29) is 23.4 Å². The summed E-state index contributed by atoms with van der Waals surface area (Å²) in [5.74, 6) is 0.469. The average molecular weight is 364 g/mol. The zero-order valence-corrected chi connectivity index (χ0v) is 16.3. The molecular weight excluding hydrogens is 340 g/mol. The first-order valence-corrected chi connectivity index (χ1v) is 9.36. The topological polar surface area (TPSA) is 72.7 Å². The number of hydrogen-bond donors (Lipinski definition) is 1. The van der Waals surface area contributed by atoms with Crippen LogP contribution in [0.4, 0.5) is 0 Å². The van der Waals surface area contributed by atoms with Crippen LogP contribution in [0.5, 0.6) is 0 Å². The number of hydrogen-bond acceptors (Lipinski definition) is 3. The minimum atomic E-state index is -0.321. The molecule has 4 rings (SSSR count). The standard InChI is InChI=1S/C21H24N4O2/c1-6-17-19-18(11(2)20(26)25(19)21(27)23-17)15-7-9-16(10-8-15)24-13(4)12(3)22-14(24)5/h7-11,18H,6H2,1-5H3,(H,23,27).